The molecule has 1 amide bonds. The Morgan fingerprint density at radius 3 is 2.76 bits per heavy atom. The summed E-state index contributed by atoms with van der Waals surface area (Å²) >= 11 is 0. The van der Waals surface area contributed by atoms with Crippen molar-refractivity contribution >= 4 is 5.91 Å². The maximum absolute atomic E-state index is 12.0. The minimum absolute atomic E-state index is 0.0614. The minimum Gasteiger partial charge on any atom is -0.396 e. The zero-order valence-electron chi connectivity index (χ0n) is 10.7. The summed E-state index contributed by atoms with van der Waals surface area (Å²) in [5.41, 5.74) is 0.859. The molecule has 0 saturated heterocycles. The maximum atomic E-state index is 12.0. The number of amides is 1. The molecule has 0 fully saturated rings. The van der Waals surface area contributed by atoms with E-state index in [1.54, 1.807) is 6.07 Å². The normalized spacial score (nSPS) is 14.1. The van der Waals surface area contributed by atoms with Crippen molar-refractivity contribution in [3.05, 3.63) is 29.6 Å². The van der Waals surface area contributed by atoms with Crippen LogP contribution in [-0.2, 0) is 0 Å². The van der Waals surface area contributed by atoms with E-state index in [0.29, 0.717) is 12.1 Å². The van der Waals surface area contributed by atoms with Crippen LogP contribution in [-0.4, -0.2) is 28.1 Å². The molecule has 1 atom stereocenters. The summed E-state index contributed by atoms with van der Waals surface area (Å²) in [7, 11) is 0. The van der Waals surface area contributed by atoms with Gasteiger partial charge < -0.3 is 10.4 Å². The Balaban J connectivity index is 2.77. The lowest BCUT2D eigenvalue weighted by molar-refractivity contribution is 0.0881. The van der Waals surface area contributed by atoms with Gasteiger partial charge in [0, 0.05) is 17.8 Å². The molecular weight excluding hydrogens is 216 g/mol. The molecule has 1 aromatic heterocycles. The molecule has 0 bridgehead atoms. The first-order chi connectivity index (χ1) is 8.00. The Bertz CT molecular complexity index is 393. The lowest BCUT2D eigenvalue weighted by Crippen LogP contribution is -2.46. The molecule has 0 spiro atoms. The van der Waals surface area contributed by atoms with Crippen LogP contribution in [0, 0.1) is 6.92 Å². The highest BCUT2D eigenvalue weighted by Crippen LogP contribution is 2.14. The number of pyridine rings is 1. The first kappa shape index (κ1) is 13.6. The number of carbonyl (C=O) groups excluding carboxylic acids is 1. The van der Waals surface area contributed by atoms with Crippen LogP contribution in [0.4, 0.5) is 0 Å². The number of rotatable bonds is 5. The van der Waals surface area contributed by atoms with E-state index < -0.39 is 0 Å². The number of hydrogen-bond acceptors (Lipinski definition) is 3. The van der Waals surface area contributed by atoms with Crippen molar-refractivity contribution in [2.24, 2.45) is 0 Å². The Hall–Kier alpha value is -1.42. The average Bonchev–Trinajstić information content (AvgIpc) is 2.29. The molecule has 1 unspecified atom stereocenters. The van der Waals surface area contributed by atoms with E-state index >= 15 is 0 Å². The van der Waals surface area contributed by atoms with Crippen LogP contribution in [0.2, 0.25) is 0 Å². The SMILES string of the molecule is CCC(C)(CCO)NC(=O)c1cccc(C)n1. The second-order valence-corrected chi connectivity index (χ2v) is 4.51. The maximum Gasteiger partial charge on any atom is 0.270 e. The van der Waals surface area contributed by atoms with Crippen LogP contribution in [0.15, 0.2) is 18.2 Å². The second kappa shape index (κ2) is 5.77. The van der Waals surface area contributed by atoms with Gasteiger partial charge in [-0.2, -0.15) is 0 Å². The third-order valence-corrected chi connectivity index (χ3v) is 2.98. The molecule has 0 saturated carbocycles. The molecule has 1 aromatic rings. The predicted octanol–water partition coefficient (Wildman–Crippen LogP) is 1.67. The number of carbonyl (C=O) groups is 1. The van der Waals surface area contributed by atoms with Crippen molar-refractivity contribution in [1.82, 2.24) is 10.3 Å². The van der Waals surface area contributed by atoms with Crippen molar-refractivity contribution in [3.63, 3.8) is 0 Å². The molecule has 0 aliphatic carbocycles. The summed E-state index contributed by atoms with van der Waals surface area (Å²) < 4.78 is 0. The number of aromatic nitrogens is 1. The molecule has 0 aromatic carbocycles. The van der Waals surface area contributed by atoms with E-state index in [0.717, 1.165) is 12.1 Å². The fraction of sp³-hybridized carbons (Fsp3) is 0.538. The largest absolute Gasteiger partial charge is 0.396 e. The van der Waals surface area contributed by atoms with Gasteiger partial charge >= 0.3 is 0 Å². The monoisotopic (exact) mass is 236 g/mol. The van der Waals surface area contributed by atoms with E-state index in [2.05, 4.69) is 10.3 Å². The molecule has 1 rings (SSSR count). The van der Waals surface area contributed by atoms with Crippen molar-refractivity contribution < 1.29 is 9.90 Å². The van der Waals surface area contributed by atoms with E-state index in [-0.39, 0.29) is 18.1 Å². The van der Waals surface area contributed by atoms with Crippen molar-refractivity contribution in [2.45, 2.75) is 39.2 Å². The molecule has 4 nitrogen and oxygen atoms in total. The van der Waals surface area contributed by atoms with E-state index in [1.807, 2.05) is 32.9 Å². The van der Waals surface area contributed by atoms with Gasteiger partial charge in [0.25, 0.3) is 5.91 Å². The fourth-order valence-electron chi connectivity index (χ4n) is 1.58. The van der Waals surface area contributed by atoms with Crippen molar-refractivity contribution in [1.29, 1.82) is 0 Å². The number of aliphatic hydroxyl groups excluding tert-OH is 1. The van der Waals surface area contributed by atoms with Gasteiger partial charge in [-0.3, -0.25) is 4.79 Å². The number of nitrogens with one attached hydrogen (secondary N) is 1. The molecule has 0 aliphatic rings. The number of hydrogen-bond donors (Lipinski definition) is 2. The smallest absolute Gasteiger partial charge is 0.270 e. The van der Waals surface area contributed by atoms with Crippen LogP contribution in [0.5, 0.6) is 0 Å². The number of aryl methyl sites for hydroxylation is 1. The lowest BCUT2D eigenvalue weighted by Gasteiger charge is -2.28. The zero-order chi connectivity index (χ0) is 12.9. The Morgan fingerprint density at radius 1 is 1.53 bits per heavy atom. The Morgan fingerprint density at radius 2 is 2.24 bits per heavy atom. The first-order valence-corrected chi connectivity index (χ1v) is 5.88. The molecule has 17 heavy (non-hydrogen) atoms. The molecule has 0 radical (unpaired) electrons. The van der Waals surface area contributed by atoms with Crippen molar-refractivity contribution in [2.75, 3.05) is 6.61 Å². The lowest BCUT2D eigenvalue weighted by atomic mass is 9.94. The molecule has 4 heteroatoms. The highest BCUT2D eigenvalue weighted by atomic mass is 16.3. The summed E-state index contributed by atoms with van der Waals surface area (Å²) in [5, 5.41) is 11.9. The summed E-state index contributed by atoms with van der Waals surface area (Å²) in [4.78, 5) is 16.2. The topological polar surface area (TPSA) is 62.2 Å². The molecule has 2 N–H and O–H groups in total. The van der Waals surface area contributed by atoms with Crippen LogP contribution in [0.25, 0.3) is 0 Å². The van der Waals surface area contributed by atoms with Gasteiger partial charge in [-0.25, -0.2) is 4.98 Å². The van der Waals surface area contributed by atoms with Gasteiger partial charge in [0.1, 0.15) is 5.69 Å². The summed E-state index contributed by atoms with van der Waals surface area (Å²) in [6, 6.07) is 5.35. The second-order valence-electron chi connectivity index (χ2n) is 4.51. The third kappa shape index (κ3) is 3.82. The zero-order valence-corrected chi connectivity index (χ0v) is 10.7. The average molecular weight is 236 g/mol. The van der Waals surface area contributed by atoms with Gasteiger partial charge in [-0.05, 0) is 38.8 Å². The van der Waals surface area contributed by atoms with E-state index in [9.17, 15) is 4.79 Å². The summed E-state index contributed by atoms with van der Waals surface area (Å²) in [5.74, 6) is -0.188. The standard InChI is InChI=1S/C13H20N2O2/c1-4-13(3,8-9-16)15-12(17)11-7-5-6-10(2)14-11/h5-7,16H,4,8-9H2,1-3H3,(H,15,17). The van der Waals surface area contributed by atoms with Crippen LogP contribution < -0.4 is 5.32 Å². The molecule has 0 aliphatic heterocycles. The van der Waals surface area contributed by atoms with Crippen LogP contribution in [0.1, 0.15) is 42.9 Å². The number of aliphatic hydroxyl groups is 1. The minimum atomic E-state index is -0.378. The quantitative estimate of drug-likeness (QED) is 0.817. The van der Waals surface area contributed by atoms with Crippen LogP contribution in [0.3, 0.4) is 0 Å². The van der Waals surface area contributed by atoms with Gasteiger partial charge in [0.05, 0.1) is 0 Å². The highest BCUT2D eigenvalue weighted by molar-refractivity contribution is 5.92. The highest BCUT2D eigenvalue weighted by Gasteiger charge is 2.24. The van der Waals surface area contributed by atoms with Crippen LogP contribution >= 0.6 is 0 Å². The Kier molecular flexibility index (Phi) is 4.63. The molecule has 94 valence electrons. The predicted molar refractivity (Wildman–Crippen MR) is 66.8 cm³/mol. The van der Waals surface area contributed by atoms with Gasteiger partial charge in [0.15, 0.2) is 0 Å². The van der Waals surface area contributed by atoms with E-state index in [4.69, 9.17) is 5.11 Å². The molecular formula is C13H20N2O2. The van der Waals surface area contributed by atoms with E-state index in [1.165, 1.54) is 0 Å². The van der Waals surface area contributed by atoms with Gasteiger partial charge in [0.2, 0.25) is 0 Å². The summed E-state index contributed by atoms with van der Waals surface area (Å²) in [6.07, 6.45) is 1.31. The van der Waals surface area contributed by atoms with Crippen molar-refractivity contribution in [3.8, 4) is 0 Å². The van der Waals surface area contributed by atoms with Gasteiger partial charge in [-0.1, -0.05) is 13.0 Å². The first-order valence-electron chi connectivity index (χ1n) is 5.88. The third-order valence-electron chi connectivity index (χ3n) is 2.98. The Labute approximate surface area is 102 Å². The fourth-order valence-corrected chi connectivity index (χ4v) is 1.58. The number of nitrogens with zero attached hydrogens (tertiary/aromatic N) is 1. The van der Waals surface area contributed by atoms with Gasteiger partial charge in [-0.15, -0.1) is 0 Å². The molecule has 1 heterocycles. The summed E-state index contributed by atoms with van der Waals surface area (Å²) in [6.45, 7) is 5.83.